The summed E-state index contributed by atoms with van der Waals surface area (Å²) < 4.78 is 1.30. The summed E-state index contributed by atoms with van der Waals surface area (Å²) in [5.74, 6) is 0. The van der Waals surface area contributed by atoms with Gasteiger partial charge >= 0.3 is 0 Å². The number of hydrogen-bond acceptors (Lipinski definition) is 5. The lowest BCUT2D eigenvalue weighted by atomic mass is 10.2. The van der Waals surface area contributed by atoms with Crippen molar-refractivity contribution in [2.24, 2.45) is 0 Å². The zero-order chi connectivity index (χ0) is 15.6. The van der Waals surface area contributed by atoms with Crippen LogP contribution in [0.5, 0.6) is 0 Å². The van der Waals surface area contributed by atoms with Crippen LogP contribution in [0.25, 0.3) is 10.2 Å². The summed E-state index contributed by atoms with van der Waals surface area (Å²) in [4.78, 5) is 12.5. The minimum atomic E-state index is 0.768. The van der Waals surface area contributed by atoms with Gasteiger partial charge in [0.05, 0.1) is 10.2 Å². The lowest BCUT2D eigenvalue weighted by molar-refractivity contribution is 0.201. The molecule has 2 aromatic rings. The van der Waals surface area contributed by atoms with Crippen LogP contribution in [0, 0.1) is 0 Å². The summed E-state index contributed by atoms with van der Waals surface area (Å²) in [6, 6.07) is 9.25. The minimum absolute atomic E-state index is 0.768. The van der Waals surface area contributed by atoms with Gasteiger partial charge in [-0.25, -0.2) is 4.98 Å². The third-order valence-corrected chi connectivity index (χ3v) is 6.38. The van der Waals surface area contributed by atoms with Crippen molar-refractivity contribution in [2.45, 2.75) is 25.3 Å². The van der Waals surface area contributed by atoms with Crippen LogP contribution in [-0.2, 0) is 0 Å². The Morgan fingerprint density at radius 2 is 2.00 bits per heavy atom. The van der Waals surface area contributed by atoms with Crippen LogP contribution < -0.4 is 4.90 Å². The first-order valence-corrected chi connectivity index (χ1v) is 9.64. The maximum Gasteiger partial charge on any atom is 0.186 e. The first kappa shape index (κ1) is 15.4. The molecule has 1 aromatic carbocycles. The number of benzene rings is 1. The standard InChI is InChI=1S/C18H26N4S/c1-20-9-4-6-15(20)14-21-10-5-11-22(13-12-21)18-19-16-7-2-3-8-17(16)23-18/h2-3,7-8,15H,4-6,9-14H2,1H3/t15-/m0/s1. The number of aromatic nitrogens is 1. The molecule has 124 valence electrons. The summed E-state index contributed by atoms with van der Waals surface area (Å²) in [5, 5.41) is 1.20. The van der Waals surface area contributed by atoms with Gasteiger partial charge in [-0.1, -0.05) is 23.5 Å². The first-order chi connectivity index (χ1) is 11.3. The number of rotatable bonds is 3. The molecule has 0 amide bonds. The van der Waals surface area contributed by atoms with E-state index in [0.29, 0.717) is 0 Å². The number of hydrogen-bond donors (Lipinski definition) is 0. The SMILES string of the molecule is CN1CCC[C@H]1CN1CCCN(c2nc3ccccc3s2)CC1. The van der Waals surface area contributed by atoms with Gasteiger partial charge in [0.2, 0.25) is 0 Å². The van der Waals surface area contributed by atoms with Gasteiger partial charge < -0.3 is 9.80 Å². The molecule has 1 aromatic heterocycles. The Hall–Kier alpha value is -1.17. The predicted octanol–water partition coefficient (Wildman–Crippen LogP) is 2.90. The van der Waals surface area contributed by atoms with Crippen molar-refractivity contribution in [2.75, 3.05) is 51.2 Å². The summed E-state index contributed by atoms with van der Waals surface area (Å²) >= 11 is 1.84. The quantitative estimate of drug-likeness (QED) is 0.863. The highest BCUT2D eigenvalue weighted by Gasteiger charge is 2.25. The van der Waals surface area contributed by atoms with Gasteiger partial charge in [0.1, 0.15) is 0 Å². The first-order valence-electron chi connectivity index (χ1n) is 8.83. The fourth-order valence-corrected chi connectivity index (χ4v) is 4.87. The summed E-state index contributed by atoms with van der Waals surface area (Å²) in [6.07, 6.45) is 3.98. The van der Waals surface area contributed by atoms with Gasteiger partial charge in [-0.05, 0) is 51.5 Å². The van der Waals surface area contributed by atoms with Gasteiger partial charge in [0.25, 0.3) is 0 Å². The molecule has 5 heteroatoms. The van der Waals surface area contributed by atoms with E-state index in [1.165, 1.54) is 55.3 Å². The third kappa shape index (κ3) is 3.37. The molecule has 4 nitrogen and oxygen atoms in total. The molecule has 2 fully saturated rings. The topological polar surface area (TPSA) is 22.6 Å². The summed E-state index contributed by atoms with van der Waals surface area (Å²) in [5.41, 5.74) is 1.14. The second kappa shape index (κ2) is 6.75. The average Bonchev–Trinajstić information content (AvgIpc) is 3.08. The van der Waals surface area contributed by atoms with Gasteiger partial charge in [0.15, 0.2) is 5.13 Å². The molecule has 0 radical (unpaired) electrons. The zero-order valence-electron chi connectivity index (χ0n) is 13.9. The molecule has 0 aliphatic carbocycles. The van der Waals surface area contributed by atoms with E-state index in [9.17, 15) is 0 Å². The Morgan fingerprint density at radius 1 is 1.09 bits per heavy atom. The Labute approximate surface area is 142 Å². The van der Waals surface area contributed by atoms with E-state index in [1.807, 2.05) is 11.3 Å². The van der Waals surface area contributed by atoms with Gasteiger partial charge in [0, 0.05) is 32.2 Å². The molecular formula is C18H26N4S. The number of fused-ring (bicyclic) bond motifs is 1. The van der Waals surface area contributed by atoms with Crippen LogP contribution in [0.1, 0.15) is 19.3 Å². The highest BCUT2D eigenvalue weighted by atomic mass is 32.1. The van der Waals surface area contributed by atoms with E-state index in [2.05, 4.69) is 46.0 Å². The zero-order valence-corrected chi connectivity index (χ0v) is 14.8. The van der Waals surface area contributed by atoms with Crippen molar-refractivity contribution in [1.82, 2.24) is 14.8 Å². The van der Waals surface area contributed by atoms with E-state index in [0.717, 1.165) is 24.6 Å². The number of thiazole rings is 1. The smallest absolute Gasteiger partial charge is 0.186 e. The molecule has 0 bridgehead atoms. The van der Waals surface area contributed by atoms with E-state index in [-0.39, 0.29) is 0 Å². The largest absolute Gasteiger partial charge is 0.347 e. The minimum Gasteiger partial charge on any atom is -0.347 e. The molecule has 3 heterocycles. The van der Waals surface area contributed by atoms with Crippen molar-refractivity contribution >= 4 is 26.7 Å². The number of para-hydroxylation sites is 1. The van der Waals surface area contributed by atoms with Gasteiger partial charge in [-0.2, -0.15) is 0 Å². The third-order valence-electron chi connectivity index (χ3n) is 5.28. The van der Waals surface area contributed by atoms with Gasteiger partial charge in [-0.15, -0.1) is 0 Å². The van der Waals surface area contributed by atoms with E-state index in [4.69, 9.17) is 4.98 Å². The second-order valence-electron chi connectivity index (χ2n) is 6.88. The van der Waals surface area contributed by atoms with Gasteiger partial charge in [-0.3, -0.25) is 4.90 Å². The maximum absolute atomic E-state index is 4.84. The normalized spacial score (nSPS) is 24.4. The maximum atomic E-state index is 4.84. The van der Waals surface area contributed by atoms with Crippen LogP contribution in [0.2, 0.25) is 0 Å². The number of likely N-dealkylation sites (N-methyl/N-ethyl adjacent to an activating group) is 1. The molecule has 2 saturated heterocycles. The van der Waals surface area contributed by atoms with Crippen LogP contribution in [0.15, 0.2) is 24.3 Å². The van der Waals surface area contributed by atoms with Crippen molar-refractivity contribution in [3.63, 3.8) is 0 Å². The van der Waals surface area contributed by atoms with Crippen molar-refractivity contribution in [1.29, 1.82) is 0 Å². The van der Waals surface area contributed by atoms with E-state index in [1.54, 1.807) is 0 Å². The molecule has 0 saturated carbocycles. The highest BCUT2D eigenvalue weighted by molar-refractivity contribution is 7.22. The fraction of sp³-hybridized carbons (Fsp3) is 0.611. The Morgan fingerprint density at radius 3 is 2.83 bits per heavy atom. The molecule has 1 atom stereocenters. The molecule has 2 aliphatic rings. The molecule has 0 spiro atoms. The highest BCUT2D eigenvalue weighted by Crippen LogP contribution is 2.29. The number of likely N-dealkylation sites (tertiary alicyclic amines) is 1. The van der Waals surface area contributed by atoms with E-state index < -0.39 is 0 Å². The second-order valence-corrected chi connectivity index (χ2v) is 7.89. The molecule has 2 aliphatic heterocycles. The Bertz CT molecular complexity index is 622. The van der Waals surface area contributed by atoms with Crippen LogP contribution in [0.4, 0.5) is 5.13 Å². The molecule has 0 unspecified atom stereocenters. The lowest BCUT2D eigenvalue weighted by Gasteiger charge is -2.27. The van der Waals surface area contributed by atoms with Crippen molar-refractivity contribution in [3.8, 4) is 0 Å². The Kier molecular flexibility index (Phi) is 4.51. The molecule has 23 heavy (non-hydrogen) atoms. The van der Waals surface area contributed by atoms with Crippen LogP contribution in [-0.4, -0.2) is 67.1 Å². The fourth-order valence-electron chi connectivity index (χ4n) is 3.85. The summed E-state index contributed by atoms with van der Waals surface area (Å²) in [6.45, 7) is 7.15. The lowest BCUT2D eigenvalue weighted by Crippen LogP contribution is -2.40. The monoisotopic (exact) mass is 330 g/mol. The predicted molar refractivity (Wildman–Crippen MR) is 98.5 cm³/mol. The Balaban J connectivity index is 1.40. The van der Waals surface area contributed by atoms with Crippen LogP contribution >= 0.6 is 11.3 Å². The van der Waals surface area contributed by atoms with E-state index >= 15 is 0 Å². The molecule has 0 N–H and O–H groups in total. The number of anilines is 1. The molecular weight excluding hydrogens is 304 g/mol. The summed E-state index contributed by atoms with van der Waals surface area (Å²) in [7, 11) is 2.28. The van der Waals surface area contributed by atoms with Crippen LogP contribution in [0.3, 0.4) is 0 Å². The van der Waals surface area contributed by atoms with Crippen molar-refractivity contribution in [3.05, 3.63) is 24.3 Å². The average molecular weight is 331 g/mol. The molecule has 4 rings (SSSR count). The number of nitrogens with zero attached hydrogens (tertiary/aromatic N) is 4. The van der Waals surface area contributed by atoms with Crippen molar-refractivity contribution < 1.29 is 0 Å².